The van der Waals surface area contributed by atoms with Crippen LogP contribution in [-0.4, -0.2) is 21.7 Å². The van der Waals surface area contributed by atoms with Crippen molar-refractivity contribution in [1.29, 1.82) is 5.26 Å². The van der Waals surface area contributed by atoms with Crippen LogP contribution in [0.1, 0.15) is 43.1 Å². The molecule has 0 aromatic carbocycles. The first-order chi connectivity index (χ1) is 10.2. The summed E-state index contributed by atoms with van der Waals surface area (Å²) in [5.41, 5.74) is 0.451. The summed E-state index contributed by atoms with van der Waals surface area (Å²) in [7, 11) is 0. The summed E-state index contributed by atoms with van der Waals surface area (Å²) >= 11 is 6.25. The molecule has 0 radical (unpaired) electrons. The molecule has 21 heavy (non-hydrogen) atoms. The number of anilines is 1. The van der Waals surface area contributed by atoms with E-state index in [0.717, 1.165) is 25.8 Å². The maximum absolute atomic E-state index is 8.88. The predicted molar refractivity (Wildman–Crippen MR) is 77.0 cm³/mol. The van der Waals surface area contributed by atoms with Gasteiger partial charge in [-0.3, -0.25) is 0 Å². The third kappa shape index (κ3) is 2.57. The van der Waals surface area contributed by atoms with Gasteiger partial charge in [-0.15, -0.1) is 0 Å². The number of hydrogen-bond acceptors (Lipinski definition) is 6. The largest absolute Gasteiger partial charge is 0.345 e. The molecule has 2 aromatic rings. The molecule has 3 heterocycles. The Kier molecular flexibility index (Phi) is 3.76. The topological polar surface area (TPSA) is 78.8 Å². The lowest BCUT2D eigenvalue weighted by molar-refractivity contribution is 0.373. The molecular formula is C14H14ClN5O. The van der Waals surface area contributed by atoms with Gasteiger partial charge in [0.25, 0.3) is 0 Å². The minimum Gasteiger partial charge on any atom is -0.345 e. The highest BCUT2D eigenvalue weighted by atomic mass is 35.5. The third-order valence-electron chi connectivity index (χ3n) is 3.56. The van der Waals surface area contributed by atoms with Gasteiger partial charge in [-0.25, -0.2) is 4.98 Å². The lowest BCUT2D eigenvalue weighted by Crippen LogP contribution is -2.24. The molecule has 1 unspecified atom stereocenters. The van der Waals surface area contributed by atoms with Crippen molar-refractivity contribution in [3.05, 3.63) is 34.6 Å². The van der Waals surface area contributed by atoms with Crippen LogP contribution in [0, 0.1) is 11.3 Å². The molecule has 1 saturated heterocycles. The van der Waals surface area contributed by atoms with Crippen molar-refractivity contribution in [2.45, 2.75) is 32.2 Å². The smallest absolute Gasteiger partial charge is 0.226 e. The Morgan fingerprint density at radius 2 is 2.43 bits per heavy atom. The summed E-state index contributed by atoms with van der Waals surface area (Å²) in [5.74, 6) is 1.98. The Labute approximate surface area is 127 Å². The second-order valence-corrected chi connectivity index (χ2v) is 5.30. The van der Waals surface area contributed by atoms with Crippen LogP contribution in [0.15, 0.2) is 16.8 Å². The van der Waals surface area contributed by atoms with E-state index in [1.54, 1.807) is 6.07 Å². The Balaban J connectivity index is 1.92. The van der Waals surface area contributed by atoms with Crippen molar-refractivity contribution in [2.24, 2.45) is 0 Å². The van der Waals surface area contributed by atoms with Gasteiger partial charge in [-0.1, -0.05) is 23.7 Å². The molecule has 2 aromatic heterocycles. The minimum absolute atomic E-state index is 0.0204. The highest BCUT2D eigenvalue weighted by Crippen LogP contribution is 2.37. The van der Waals surface area contributed by atoms with Crippen molar-refractivity contribution in [1.82, 2.24) is 15.1 Å². The Bertz CT molecular complexity index is 693. The van der Waals surface area contributed by atoms with E-state index in [-0.39, 0.29) is 6.04 Å². The van der Waals surface area contributed by atoms with Crippen LogP contribution in [-0.2, 0) is 6.42 Å². The number of aromatic nitrogens is 3. The normalized spacial score (nSPS) is 18.0. The standard InChI is InChI=1S/C14H14ClN5O/c1-2-12-18-13(19-21-12)11-4-3-5-20(11)14-10(15)6-9(7-16)8-17-14/h6,8,11H,2-5H2,1H3. The monoisotopic (exact) mass is 303 g/mol. The fourth-order valence-corrected chi connectivity index (χ4v) is 2.81. The Morgan fingerprint density at radius 3 is 3.10 bits per heavy atom. The molecule has 1 fully saturated rings. The zero-order chi connectivity index (χ0) is 14.8. The van der Waals surface area contributed by atoms with Gasteiger partial charge in [-0.05, 0) is 18.9 Å². The molecule has 0 spiro atoms. The molecular weight excluding hydrogens is 290 g/mol. The highest BCUT2D eigenvalue weighted by Gasteiger charge is 2.32. The Morgan fingerprint density at radius 1 is 1.57 bits per heavy atom. The lowest BCUT2D eigenvalue weighted by atomic mass is 10.2. The first-order valence-electron chi connectivity index (χ1n) is 6.87. The number of nitrogens with zero attached hydrogens (tertiary/aromatic N) is 5. The summed E-state index contributed by atoms with van der Waals surface area (Å²) < 4.78 is 5.19. The maximum Gasteiger partial charge on any atom is 0.226 e. The van der Waals surface area contributed by atoms with Crippen molar-refractivity contribution >= 4 is 17.4 Å². The number of pyridine rings is 1. The van der Waals surface area contributed by atoms with Crippen molar-refractivity contribution in [2.75, 3.05) is 11.4 Å². The van der Waals surface area contributed by atoms with Gasteiger partial charge in [-0.2, -0.15) is 10.2 Å². The SMILES string of the molecule is CCc1nc(C2CCCN2c2ncc(C#N)cc2Cl)no1. The zero-order valence-corrected chi connectivity index (χ0v) is 12.3. The predicted octanol–water partition coefficient (Wildman–Crippen LogP) is 2.89. The first kappa shape index (κ1) is 13.8. The van der Waals surface area contributed by atoms with Gasteiger partial charge < -0.3 is 9.42 Å². The minimum atomic E-state index is 0.0204. The first-order valence-corrected chi connectivity index (χ1v) is 7.25. The zero-order valence-electron chi connectivity index (χ0n) is 11.6. The number of halogens is 1. The molecule has 0 saturated carbocycles. The van der Waals surface area contributed by atoms with Crippen LogP contribution in [0.3, 0.4) is 0 Å². The van der Waals surface area contributed by atoms with E-state index in [9.17, 15) is 0 Å². The number of rotatable bonds is 3. The van der Waals surface area contributed by atoms with E-state index >= 15 is 0 Å². The molecule has 6 nitrogen and oxygen atoms in total. The fraction of sp³-hybridized carbons (Fsp3) is 0.429. The third-order valence-corrected chi connectivity index (χ3v) is 3.84. The van der Waals surface area contributed by atoms with Crippen LogP contribution in [0.25, 0.3) is 0 Å². The molecule has 0 N–H and O–H groups in total. The molecule has 0 bridgehead atoms. The van der Waals surface area contributed by atoms with E-state index in [2.05, 4.69) is 20.0 Å². The summed E-state index contributed by atoms with van der Waals surface area (Å²) in [6.07, 6.45) is 4.19. The van der Waals surface area contributed by atoms with Crippen molar-refractivity contribution in [3.8, 4) is 6.07 Å². The van der Waals surface area contributed by atoms with E-state index < -0.39 is 0 Å². The second-order valence-electron chi connectivity index (χ2n) is 4.89. The summed E-state index contributed by atoms with van der Waals surface area (Å²) in [4.78, 5) is 10.8. The molecule has 0 amide bonds. The van der Waals surface area contributed by atoms with Crippen molar-refractivity contribution < 1.29 is 4.52 Å². The van der Waals surface area contributed by atoms with Crippen LogP contribution in [0.4, 0.5) is 5.82 Å². The van der Waals surface area contributed by atoms with Crippen LogP contribution >= 0.6 is 11.6 Å². The Hall–Kier alpha value is -2.13. The van der Waals surface area contributed by atoms with Crippen LogP contribution < -0.4 is 4.90 Å². The van der Waals surface area contributed by atoms with E-state index in [4.69, 9.17) is 21.4 Å². The van der Waals surface area contributed by atoms with Crippen LogP contribution in [0.5, 0.6) is 0 Å². The molecule has 1 aliphatic rings. The summed E-state index contributed by atoms with van der Waals surface area (Å²) in [5, 5.41) is 13.4. The number of aryl methyl sites for hydroxylation is 1. The molecule has 3 rings (SSSR count). The van der Waals surface area contributed by atoms with Crippen LogP contribution in [0.2, 0.25) is 5.02 Å². The van der Waals surface area contributed by atoms with Gasteiger partial charge in [0.05, 0.1) is 16.6 Å². The average Bonchev–Trinajstić information content (AvgIpc) is 3.15. The number of hydrogen-bond donors (Lipinski definition) is 0. The molecule has 1 atom stereocenters. The second kappa shape index (κ2) is 5.70. The molecule has 0 aliphatic carbocycles. The van der Waals surface area contributed by atoms with Gasteiger partial charge in [0.15, 0.2) is 5.82 Å². The molecule has 108 valence electrons. The average molecular weight is 304 g/mol. The fourth-order valence-electron chi connectivity index (χ4n) is 2.54. The molecule has 7 heteroatoms. The van der Waals surface area contributed by atoms with Crippen molar-refractivity contribution in [3.63, 3.8) is 0 Å². The summed E-state index contributed by atoms with van der Waals surface area (Å²) in [6, 6.07) is 3.69. The van der Waals surface area contributed by atoms with Gasteiger partial charge in [0, 0.05) is 19.2 Å². The highest BCUT2D eigenvalue weighted by molar-refractivity contribution is 6.33. The molecule has 1 aliphatic heterocycles. The quantitative estimate of drug-likeness (QED) is 0.867. The summed E-state index contributed by atoms with van der Waals surface area (Å²) in [6.45, 7) is 2.81. The van der Waals surface area contributed by atoms with Gasteiger partial charge in [0.2, 0.25) is 5.89 Å². The van der Waals surface area contributed by atoms with Gasteiger partial charge in [0.1, 0.15) is 11.9 Å². The number of nitriles is 1. The van der Waals surface area contributed by atoms with E-state index in [0.29, 0.717) is 28.1 Å². The lowest BCUT2D eigenvalue weighted by Gasteiger charge is -2.24. The van der Waals surface area contributed by atoms with E-state index in [1.807, 2.05) is 13.0 Å². The van der Waals surface area contributed by atoms with Gasteiger partial charge >= 0.3 is 0 Å². The maximum atomic E-state index is 8.88. The van der Waals surface area contributed by atoms with E-state index in [1.165, 1.54) is 6.20 Å².